The van der Waals surface area contributed by atoms with Crippen LogP contribution < -0.4 is 0 Å². The Kier molecular flexibility index (Phi) is 4.67. The molecule has 0 fully saturated rings. The van der Waals surface area contributed by atoms with Gasteiger partial charge in [-0.1, -0.05) is 42.5 Å². The molecule has 1 N–H and O–H groups in total. The summed E-state index contributed by atoms with van der Waals surface area (Å²) in [4.78, 5) is 30.0. The average molecular weight is 362 g/mol. The molecule has 0 unspecified atom stereocenters. The van der Waals surface area contributed by atoms with Gasteiger partial charge in [0.25, 0.3) is 5.91 Å². The molecule has 0 bridgehead atoms. The predicted molar refractivity (Wildman–Crippen MR) is 103 cm³/mol. The van der Waals surface area contributed by atoms with Crippen molar-refractivity contribution in [1.29, 1.82) is 0 Å². The summed E-state index contributed by atoms with van der Waals surface area (Å²) >= 11 is 0. The third kappa shape index (κ3) is 3.58. The Morgan fingerprint density at radius 2 is 1.85 bits per heavy atom. The molecule has 27 heavy (non-hydrogen) atoms. The van der Waals surface area contributed by atoms with Crippen LogP contribution in [-0.4, -0.2) is 34.4 Å². The van der Waals surface area contributed by atoms with Crippen LogP contribution in [0.2, 0.25) is 0 Å². The summed E-state index contributed by atoms with van der Waals surface area (Å²) in [7, 11) is 0. The van der Waals surface area contributed by atoms with Gasteiger partial charge in [0.15, 0.2) is 6.10 Å². The summed E-state index contributed by atoms with van der Waals surface area (Å²) in [6.07, 6.45) is 2.01. The fourth-order valence-corrected chi connectivity index (χ4v) is 3.66. The molecule has 1 atom stereocenters. The van der Waals surface area contributed by atoms with Crippen LogP contribution in [0, 0.1) is 0 Å². The molecule has 0 aliphatic carbocycles. The predicted octanol–water partition coefficient (Wildman–Crippen LogP) is 3.23. The summed E-state index contributed by atoms with van der Waals surface area (Å²) < 4.78 is 5.43. The van der Waals surface area contributed by atoms with Gasteiger partial charge in [-0.15, -0.1) is 0 Å². The normalized spacial score (nSPS) is 14.6. The molecule has 1 amide bonds. The van der Waals surface area contributed by atoms with E-state index in [1.807, 2.05) is 48.7 Å². The number of aromatic amines is 1. The highest BCUT2D eigenvalue weighted by molar-refractivity contribution is 5.88. The van der Waals surface area contributed by atoms with Crippen molar-refractivity contribution in [3.8, 4) is 0 Å². The first-order chi connectivity index (χ1) is 13.1. The van der Waals surface area contributed by atoms with Crippen molar-refractivity contribution in [2.24, 2.45) is 0 Å². The molecule has 0 saturated carbocycles. The summed E-state index contributed by atoms with van der Waals surface area (Å²) in [5.74, 6) is -0.533. The minimum atomic E-state index is -0.784. The van der Waals surface area contributed by atoms with E-state index >= 15 is 0 Å². The number of hydrogen-bond acceptors (Lipinski definition) is 3. The molecular formula is C22H22N2O3. The number of H-pyrrole nitrogens is 1. The molecule has 1 aromatic heterocycles. The van der Waals surface area contributed by atoms with E-state index in [0.717, 1.165) is 28.5 Å². The van der Waals surface area contributed by atoms with Gasteiger partial charge in [0.2, 0.25) is 0 Å². The van der Waals surface area contributed by atoms with Crippen LogP contribution in [0.5, 0.6) is 0 Å². The lowest BCUT2D eigenvalue weighted by Gasteiger charge is -2.30. The number of carbonyl (C=O) groups is 2. The van der Waals surface area contributed by atoms with E-state index in [1.54, 1.807) is 11.8 Å². The van der Waals surface area contributed by atoms with Crippen molar-refractivity contribution >= 4 is 22.8 Å². The Bertz CT molecular complexity index is 992. The van der Waals surface area contributed by atoms with Crippen LogP contribution >= 0.6 is 0 Å². The Labute approximate surface area is 157 Å². The number of aromatic nitrogens is 1. The van der Waals surface area contributed by atoms with Crippen molar-refractivity contribution in [1.82, 2.24) is 9.88 Å². The van der Waals surface area contributed by atoms with Crippen LogP contribution in [-0.2, 0) is 33.7 Å². The molecule has 2 heterocycles. The van der Waals surface area contributed by atoms with E-state index in [4.69, 9.17) is 4.74 Å². The maximum Gasteiger partial charge on any atom is 0.311 e. The molecule has 1 aliphatic heterocycles. The van der Waals surface area contributed by atoms with Gasteiger partial charge >= 0.3 is 5.97 Å². The lowest BCUT2D eigenvalue weighted by atomic mass is 9.99. The quantitative estimate of drug-likeness (QED) is 0.725. The molecule has 0 saturated heterocycles. The van der Waals surface area contributed by atoms with E-state index in [9.17, 15) is 9.59 Å². The highest BCUT2D eigenvalue weighted by Gasteiger charge is 2.27. The van der Waals surface area contributed by atoms with E-state index in [0.29, 0.717) is 13.1 Å². The molecule has 1 aliphatic rings. The molecule has 5 heteroatoms. The van der Waals surface area contributed by atoms with Crippen molar-refractivity contribution in [2.45, 2.75) is 32.4 Å². The Hall–Kier alpha value is -3.08. The second kappa shape index (κ2) is 7.27. The zero-order valence-corrected chi connectivity index (χ0v) is 15.3. The van der Waals surface area contributed by atoms with Crippen LogP contribution in [0.15, 0.2) is 54.7 Å². The fourth-order valence-electron chi connectivity index (χ4n) is 3.66. The molecule has 4 rings (SSSR count). The number of nitrogens with one attached hydrogen (secondary N) is 1. The minimum absolute atomic E-state index is 0.142. The second-order valence-corrected chi connectivity index (χ2v) is 6.95. The summed E-state index contributed by atoms with van der Waals surface area (Å²) in [5.41, 5.74) is 4.30. The number of amides is 1. The van der Waals surface area contributed by atoms with E-state index in [-0.39, 0.29) is 12.3 Å². The number of rotatable bonds is 4. The molecule has 0 spiro atoms. The monoisotopic (exact) mass is 362 g/mol. The molecule has 2 aromatic carbocycles. The highest BCUT2D eigenvalue weighted by Crippen LogP contribution is 2.21. The van der Waals surface area contributed by atoms with E-state index < -0.39 is 12.1 Å². The number of esters is 1. The number of para-hydroxylation sites is 1. The van der Waals surface area contributed by atoms with Crippen molar-refractivity contribution in [2.75, 3.05) is 6.54 Å². The largest absolute Gasteiger partial charge is 0.452 e. The minimum Gasteiger partial charge on any atom is -0.452 e. The maximum atomic E-state index is 12.7. The van der Waals surface area contributed by atoms with Crippen molar-refractivity contribution in [3.05, 3.63) is 71.4 Å². The van der Waals surface area contributed by atoms with Crippen LogP contribution in [0.3, 0.4) is 0 Å². The molecule has 0 radical (unpaired) electrons. The average Bonchev–Trinajstić information content (AvgIpc) is 3.09. The van der Waals surface area contributed by atoms with Gasteiger partial charge in [0, 0.05) is 30.2 Å². The number of fused-ring (bicyclic) bond motifs is 2. The molecule has 138 valence electrons. The SMILES string of the molecule is C[C@H](OC(=O)Cc1c[nH]c2ccccc12)C(=O)N1CCc2ccccc2C1. The number of benzene rings is 2. The lowest BCUT2D eigenvalue weighted by molar-refractivity contribution is -0.159. The second-order valence-electron chi connectivity index (χ2n) is 6.95. The van der Waals surface area contributed by atoms with Crippen molar-refractivity contribution < 1.29 is 14.3 Å². The summed E-state index contributed by atoms with van der Waals surface area (Å²) in [6, 6.07) is 16.0. The van der Waals surface area contributed by atoms with Gasteiger partial charge in [0.1, 0.15) is 0 Å². The summed E-state index contributed by atoms with van der Waals surface area (Å²) in [6.45, 7) is 2.87. The van der Waals surface area contributed by atoms with E-state index in [1.165, 1.54) is 5.56 Å². The Morgan fingerprint density at radius 3 is 2.70 bits per heavy atom. The van der Waals surface area contributed by atoms with Crippen LogP contribution in [0.1, 0.15) is 23.6 Å². The number of carbonyl (C=O) groups excluding carboxylic acids is 2. The number of nitrogens with zero attached hydrogens (tertiary/aromatic N) is 1. The topological polar surface area (TPSA) is 62.4 Å². The molecule has 3 aromatic rings. The van der Waals surface area contributed by atoms with E-state index in [2.05, 4.69) is 11.1 Å². The van der Waals surface area contributed by atoms with Gasteiger partial charge in [0.05, 0.1) is 6.42 Å². The van der Waals surface area contributed by atoms with Gasteiger partial charge in [-0.25, -0.2) is 0 Å². The maximum absolute atomic E-state index is 12.7. The zero-order chi connectivity index (χ0) is 18.8. The van der Waals surface area contributed by atoms with Gasteiger partial charge in [-0.05, 0) is 36.1 Å². The number of hydrogen-bond donors (Lipinski definition) is 1. The van der Waals surface area contributed by atoms with Gasteiger partial charge in [-0.3, -0.25) is 9.59 Å². The lowest BCUT2D eigenvalue weighted by Crippen LogP contribution is -2.42. The van der Waals surface area contributed by atoms with Crippen LogP contribution in [0.4, 0.5) is 0 Å². The van der Waals surface area contributed by atoms with Gasteiger partial charge < -0.3 is 14.6 Å². The standard InChI is InChI=1S/C22H22N2O3/c1-15(22(26)24-11-10-16-6-2-3-7-17(16)14-24)27-21(25)12-18-13-23-20-9-5-4-8-19(18)20/h2-9,13,15,23H,10-12,14H2,1H3/t15-/m0/s1. The molecular weight excluding hydrogens is 340 g/mol. The Morgan fingerprint density at radius 1 is 1.11 bits per heavy atom. The van der Waals surface area contributed by atoms with Gasteiger partial charge in [-0.2, -0.15) is 0 Å². The third-order valence-corrected chi connectivity index (χ3v) is 5.11. The highest BCUT2D eigenvalue weighted by atomic mass is 16.5. The summed E-state index contributed by atoms with van der Waals surface area (Å²) in [5, 5.41) is 1.00. The smallest absolute Gasteiger partial charge is 0.311 e. The fraction of sp³-hybridized carbons (Fsp3) is 0.273. The Balaban J connectivity index is 1.38. The third-order valence-electron chi connectivity index (χ3n) is 5.11. The molecule has 5 nitrogen and oxygen atoms in total. The number of ether oxygens (including phenoxy) is 1. The van der Waals surface area contributed by atoms with Crippen LogP contribution in [0.25, 0.3) is 10.9 Å². The van der Waals surface area contributed by atoms with Crippen molar-refractivity contribution in [3.63, 3.8) is 0 Å². The zero-order valence-electron chi connectivity index (χ0n) is 15.3. The first-order valence-electron chi connectivity index (χ1n) is 9.22. The first-order valence-corrected chi connectivity index (χ1v) is 9.22. The first kappa shape index (κ1) is 17.3.